The van der Waals surface area contributed by atoms with Gasteiger partial charge in [-0.05, 0) is 56.0 Å². The molecule has 100 valence electrons. The molecular formula is C15H23FN2. The first-order valence-electron chi connectivity index (χ1n) is 6.89. The Morgan fingerprint density at radius 1 is 1.44 bits per heavy atom. The number of benzene rings is 1. The normalized spacial score (nSPS) is 17.2. The van der Waals surface area contributed by atoms with Crippen LogP contribution in [0.15, 0.2) is 18.2 Å². The van der Waals surface area contributed by atoms with Crippen molar-refractivity contribution in [1.82, 2.24) is 4.90 Å². The van der Waals surface area contributed by atoms with Crippen LogP contribution >= 0.6 is 0 Å². The van der Waals surface area contributed by atoms with E-state index in [0.717, 1.165) is 24.1 Å². The van der Waals surface area contributed by atoms with Crippen LogP contribution < -0.4 is 5.73 Å². The molecule has 1 fully saturated rings. The minimum Gasteiger partial charge on any atom is -0.329 e. The van der Waals surface area contributed by atoms with Gasteiger partial charge in [0.1, 0.15) is 5.82 Å². The molecular weight excluding hydrogens is 227 g/mol. The van der Waals surface area contributed by atoms with Crippen molar-refractivity contribution in [2.75, 3.05) is 13.1 Å². The zero-order valence-electron chi connectivity index (χ0n) is 11.3. The van der Waals surface area contributed by atoms with Crippen LogP contribution in [0.25, 0.3) is 0 Å². The maximum absolute atomic E-state index is 13.5. The largest absolute Gasteiger partial charge is 0.329 e. The fraction of sp³-hybridized carbons (Fsp3) is 0.600. The molecule has 2 rings (SSSR count). The van der Waals surface area contributed by atoms with Gasteiger partial charge in [0.2, 0.25) is 0 Å². The zero-order valence-corrected chi connectivity index (χ0v) is 11.3. The number of rotatable bonds is 6. The summed E-state index contributed by atoms with van der Waals surface area (Å²) in [6.45, 7) is 5.82. The van der Waals surface area contributed by atoms with Crippen molar-refractivity contribution < 1.29 is 4.39 Å². The molecule has 0 saturated heterocycles. The van der Waals surface area contributed by atoms with E-state index in [1.807, 2.05) is 13.0 Å². The number of aryl methyl sites for hydroxylation is 1. The Hall–Kier alpha value is -0.930. The van der Waals surface area contributed by atoms with Gasteiger partial charge in [0.25, 0.3) is 0 Å². The van der Waals surface area contributed by atoms with Crippen molar-refractivity contribution in [3.63, 3.8) is 0 Å². The van der Waals surface area contributed by atoms with E-state index in [9.17, 15) is 4.39 Å². The quantitative estimate of drug-likeness (QED) is 0.841. The molecule has 0 aromatic heterocycles. The lowest BCUT2D eigenvalue weighted by molar-refractivity contribution is 0.190. The highest BCUT2D eigenvalue weighted by Crippen LogP contribution is 2.35. The highest BCUT2D eigenvalue weighted by molar-refractivity contribution is 5.30. The molecule has 0 radical (unpaired) electrons. The van der Waals surface area contributed by atoms with Crippen LogP contribution in [0.4, 0.5) is 4.39 Å². The van der Waals surface area contributed by atoms with Gasteiger partial charge < -0.3 is 5.73 Å². The number of nitrogens with two attached hydrogens (primary N) is 1. The van der Waals surface area contributed by atoms with E-state index in [4.69, 9.17) is 5.73 Å². The van der Waals surface area contributed by atoms with Gasteiger partial charge in [-0.25, -0.2) is 4.39 Å². The Morgan fingerprint density at radius 2 is 2.17 bits per heavy atom. The van der Waals surface area contributed by atoms with Crippen molar-refractivity contribution in [3.8, 4) is 0 Å². The summed E-state index contributed by atoms with van der Waals surface area (Å²) in [4.78, 5) is 2.46. The lowest BCUT2D eigenvalue weighted by Crippen LogP contribution is -2.36. The summed E-state index contributed by atoms with van der Waals surface area (Å²) in [6, 6.07) is 5.84. The van der Waals surface area contributed by atoms with E-state index >= 15 is 0 Å². The molecule has 1 aliphatic carbocycles. The van der Waals surface area contributed by atoms with Crippen LogP contribution in [-0.2, 0) is 0 Å². The number of hydrogen-bond donors (Lipinski definition) is 1. The molecule has 0 aliphatic heterocycles. The molecule has 2 N–H and O–H groups in total. The molecule has 2 nitrogen and oxygen atoms in total. The van der Waals surface area contributed by atoms with E-state index in [1.54, 1.807) is 6.07 Å². The first kappa shape index (κ1) is 13.5. The van der Waals surface area contributed by atoms with Crippen molar-refractivity contribution >= 4 is 0 Å². The molecule has 1 aliphatic rings. The van der Waals surface area contributed by atoms with Gasteiger partial charge in [0.15, 0.2) is 0 Å². The van der Waals surface area contributed by atoms with Crippen molar-refractivity contribution in [2.45, 2.75) is 45.2 Å². The monoisotopic (exact) mass is 250 g/mol. The third-order valence-corrected chi connectivity index (χ3v) is 3.72. The SMILES string of the molecule is CCCN(C1CC1)C(CN)c1cc(F)ccc1C. The predicted molar refractivity (Wildman–Crippen MR) is 73.0 cm³/mol. The number of hydrogen-bond acceptors (Lipinski definition) is 2. The lowest BCUT2D eigenvalue weighted by Gasteiger charge is -2.32. The van der Waals surface area contributed by atoms with E-state index in [1.165, 1.54) is 18.9 Å². The molecule has 1 saturated carbocycles. The number of nitrogens with zero attached hydrogens (tertiary/aromatic N) is 1. The average Bonchev–Trinajstić information content (AvgIpc) is 3.17. The van der Waals surface area contributed by atoms with Gasteiger partial charge in [-0.2, -0.15) is 0 Å². The molecule has 3 heteroatoms. The molecule has 0 bridgehead atoms. The van der Waals surface area contributed by atoms with E-state index in [2.05, 4.69) is 11.8 Å². The van der Waals surface area contributed by atoms with Crippen LogP contribution in [0.2, 0.25) is 0 Å². The van der Waals surface area contributed by atoms with Crippen LogP contribution in [0.5, 0.6) is 0 Å². The summed E-state index contributed by atoms with van der Waals surface area (Å²) >= 11 is 0. The smallest absolute Gasteiger partial charge is 0.123 e. The maximum Gasteiger partial charge on any atom is 0.123 e. The van der Waals surface area contributed by atoms with Gasteiger partial charge in [0.05, 0.1) is 0 Å². The molecule has 1 aromatic carbocycles. The van der Waals surface area contributed by atoms with Gasteiger partial charge in [-0.15, -0.1) is 0 Å². The third-order valence-electron chi connectivity index (χ3n) is 3.72. The molecule has 0 heterocycles. The average molecular weight is 250 g/mol. The molecule has 1 atom stereocenters. The third kappa shape index (κ3) is 2.90. The summed E-state index contributed by atoms with van der Waals surface area (Å²) in [5.41, 5.74) is 8.14. The second-order valence-corrected chi connectivity index (χ2v) is 5.22. The van der Waals surface area contributed by atoms with Crippen molar-refractivity contribution in [3.05, 3.63) is 35.1 Å². The maximum atomic E-state index is 13.5. The number of halogens is 1. The van der Waals surface area contributed by atoms with Gasteiger partial charge in [-0.3, -0.25) is 4.90 Å². The standard InChI is InChI=1S/C15H23FN2/c1-3-8-18(13-6-7-13)15(10-17)14-9-12(16)5-4-11(14)2/h4-5,9,13,15H,3,6-8,10,17H2,1-2H3. The van der Waals surface area contributed by atoms with Crippen LogP contribution in [0.1, 0.15) is 43.4 Å². The second-order valence-electron chi connectivity index (χ2n) is 5.22. The van der Waals surface area contributed by atoms with Gasteiger partial charge in [-0.1, -0.05) is 13.0 Å². The molecule has 18 heavy (non-hydrogen) atoms. The van der Waals surface area contributed by atoms with Gasteiger partial charge >= 0.3 is 0 Å². The summed E-state index contributed by atoms with van der Waals surface area (Å²) in [5, 5.41) is 0. The van der Waals surface area contributed by atoms with Gasteiger partial charge in [0, 0.05) is 18.6 Å². The highest BCUT2D eigenvalue weighted by Gasteiger charge is 2.33. The highest BCUT2D eigenvalue weighted by atomic mass is 19.1. The van der Waals surface area contributed by atoms with E-state index in [-0.39, 0.29) is 11.9 Å². The zero-order chi connectivity index (χ0) is 13.1. The summed E-state index contributed by atoms with van der Waals surface area (Å²) in [5.74, 6) is -0.165. The Morgan fingerprint density at radius 3 is 2.72 bits per heavy atom. The van der Waals surface area contributed by atoms with Crippen LogP contribution in [0.3, 0.4) is 0 Å². The van der Waals surface area contributed by atoms with Crippen molar-refractivity contribution in [2.24, 2.45) is 5.73 Å². The Balaban J connectivity index is 2.27. The molecule has 1 aromatic rings. The fourth-order valence-corrected chi connectivity index (χ4v) is 2.67. The summed E-state index contributed by atoms with van der Waals surface area (Å²) in [6.07, 6.45) is 3.62. The topological polar surface area (TPSA) is 29.3 Å². The van der Waals surface area contributed by atoms with Crippen molar-refractivity contribution in [1.29, 1.82) is 0 Å². The van der Waals surface area contributed by atoms with E-state index < -0.39 is 0 Å². The molecule has 1 unspecified atom stereocenters. The molecule has 0 spiro atoms. The first-order valence-corrected chi connectivity index (χ1v) is 6.89. The Kier molecular flexibility index (Phi) is 4.36. The first-order chi connectivity index (χ1) is 8.67. The summed E-state index contributed by atoms with van der Waals surface area (Å²) < 4.78 is 13.5. The Bertz CT molecular complexity index is 401. The fourth-order valence-electron chi connectivity index (χ4n) is 2.67. The summed E-state index contributed by atoms with van der Waals surface area (Å²) in [7, 11) is 0. The lowest BCUT2D eigenvalue weighted by atomic mass is 9.99. The second kappa shape index (κ2) is 5.81. The van der Waals surface area contributed by atoms with Crippen LogP contribution in [0, 0.1) is 12.7 Å². The minimum atomic E-state index is -0.165. The molecule has 0 amide bonds. The predicted octanol–water partition coefficient (Wildman–Crippen LogP) is 3.01. The minimum absolute atomic E-state index is 0.160. The van der Waals surface area contributed by atoms with Crippen LogP contribution in [-0.4, -0.2) is 24.0 Å². The Labute approximate surface area is 109 Å². The van der Waals surface area contributed by atoms with E-state index in [0.29, 0.717) is 12.6 Å².